The number of nitrogens with one attached hydrogen (secondary N) is 1. The van der Waals surface area contributed by atoms with E-state index >= 15 is 0 Å². The van der Waals surface area contributed by atoms with Crippen molar-refractivity contribution in [1.82, 2.24) is 10.2 Å². The van der Waals surface area contributed by atoms with E-state index in [-0.39, 0.29) is 31.9 Å². The Bertz CT molecular complexity index is 333. The summed E-state index contributed by atoms with van der Waals surface area (Å²) >= 11 is 0. The second-order valence-corrected chi connectivity index (χ2v) is 4.84. The normalized spacial score (nSPS) is 11.9. The van der Waals surface area contributed by atoms with Crippen LogP contribution in [0, 0.1) is 11.3 Å². The van der Waals surface area contributed by atoms with Crippen molar-refractivity contribution in [3.63, 3.8) is 0 Å². The second kappa shape index (κ2) is 7.69. The monoisotopic (exact) mass is 255 g/mol. The Kier molecular flexibility index (Phi) is 7.01. The van der Waals surface area contributed by atoms with Crippen molar-refractivity contribution in [2.24, 2.45) is 0 Å². The number of aliphatic hydroxyl groups is 2. The lowest BCUT2D eigenvalue weighted by Crippen LogP contribution is -2.41. The predicted octanol–water partition coefficient (Wildman–Crippen LogP) is -0.405. The fourth-order valence-corrected chi connectivity index (χ4v) is 1.23. The molecule has 1 amide bonds. The Morgan fingerprint density at radius 1 is 1.33 bits per heavy atom. The van der Waals surface area contributed by atoms with Crippen LogP contribution >= 0.6 is 0 Å². The van der Waals surface area contributed by atoms with Crippen LogP contribution in [0.3, 0.4) is 0 Å². The number of aliphatic hydroxyl groups excluding tert-OH is 2. The van der Waals surface area contributed by atoms with Crippen molar-refractivity contribution in [3.05, 3.63) is 11.8 Å². The SMILES string of the molecule is CC(C)(C)NC(=O)/C(C#N)=C\N(CCO)CCO. The summed E-state index contributed by atoms with van der Waals surface area (Å²) in [6.07, 6.45) is 1.35. The first-order valence-electron chi connectivity index (χ1n) is 5.74. The van der Waals surface area contributed by atoms with Gasteiger partial charge in [0.05, 0.1) is 13.2 Å². The molecule has 0 rings (SSSR count). The maximum absolute atomic E-state index is 11.8. The molecule has 18 heavy (non-hydrogen) atoms. The lowest BCUT2D eigenvalue weighted by Gasteiger charge is -2.22. The maximum atomic E-state index is 11.8. The Morgan fingerprint density at radius 2 is 1.83 bits per heavy atom. The Morgan fingerprint density at radius 3 is 2.17 bits per heavy atom. The van der Waals surface area contributed by atoms with E-state index in [1.165, 1.54) is 11.1 Å². The van der Waals surface area contributed by atoms with Crippen LogP contribution in [0.25, 0.3) is 0 Å². The minimum absolute atomic E-state index is 0.0492. The molecule has 6 heteroatoms. The highest BCUT2D eigenvalue weighted by atomic mass is 16.3. The van der Waals surface area contributed by atoms with Gasteiger partial charge in [-0.2, -0.15) is 5.26 Å². The topological polar surface area (TPSA) is 96.6 Å². The third-order valence-electron chi connectivity index (χ3n) is 1.94. The Labute approximate surface area is 108 Å². The first-order valence-corrected chi connectivity index (χ1v) is 5.74. The zero-order valence-electron chi connectivity index (χ0n) is 11.1. The van der Waals surface area contributed by atoms with Gasteiger partial charge in [0.15, 0.2) is 0 Å². The van der Waals surface area contributed by atoms with Crippen LogP contribution in [0.15, 0.2) is 11.8 Å². The lowest BCUT2D eigenvalue weighted by molar-refractivity contribution is -0.118. The van der Waals surface area contributed by atoms with E-state index in [1.54, 1.807) is 0 Å². The van der Waals surface area contributed by atoms with Gasteiger partial charge in [0.2, 0.25) is 0 Å². The molecular weight excluding hydrogens is 234 g/mol. The summed E-state index contributed by atoms with van der Waals surface area (Å²) in [5.41, 5.74) is -0.474. The summed E-state index contributed by atoms with van der Waals surface area (Å²) in [7, 11) is 0. The van der Waals surface area contributed by atoms with E-state index in [4.69, 9.17) is 15.5 Å². The minimum atomic E-state index is -0.467. The number of carbonyl (C=O) groups is 1. The van der Waals surface area contributed by atoms with Gasteiger partial charge >= 0.3 is 0 Å². The lowest BCUT2D eigenvalue weighted by atomic mass is 10.1. The standard InChI is InChI=1S/C12H21N3O3/c1-12(2,3)14-11(18)10(8-13)9-15(4-6-16)5-7-17/h9,16-17H,4-7H2,1-3H3,(H,14,18)/b10-9-. The molecule has 0 saturated heterocycles. The maximum Gasteiger partial charge on any atom is 0.263 e. The van der Waals surface area contributed by atoms with E-state index < -0.39 is 11.4 Å². The van der Waals surface area contributed by atoms with E-state index in [0.29, 0.717) is 0 Å². The van der Waals surface area contributed by atoms with Gasteiger partial charge in [0.25, 0.3) is 5.91 Å². The fourth-order valence-electron chi connectivity index (χ4n) is 1.23. The molecule has 6 nitrogen and oxygen atoms in total. The van der Waals surface area contributed by atoms with Gasteiger partial charge in [-0.1, -0.05) is 0 Å². The molecule has 0 atom stereocenters. The first kappa shape index (κ1) is 16.4. The summed E-state index contributed by atoms with van der Waals surface area (Å²) in [5.74, 6) is -0.467. The smallest absolute Gasteiger partial charge is 0.263 e. The molecule has 0 unspecified atom stereocenters. The van der Waals surface area contributed by atoms with Crippen molar-refractivity contribution in [2.75, 3.05) is 26.3 Å². The molecule has 0 aliphatic rings. The largest absolute Gasteiger partial charge is 0.395 e. The first-order chi connectivity index (χ1) is 8.34. The van der Waals surface area contributed by atoms with Crippen LogP contribution in [0.2, 0.25) is 0 Å². The molecule has 102 valence electrons. The zero-order chi connectivity index (χ0) is 14.2. The molecule has 0 bridgehead atoms. The second-order valence-electron chi connectivity index (χ2n) is 4.84. The molecule has 3 N–H and O–H groups in total. The van der Waals surface area contributed by atoms with E-state index in [0.717, 1.165) is 0 Å². The summed E-state index contributed by atoms with van der Waals surface area (Å²) in [6.45, 7) is 5.74. The van der Waals surface area contributed by atoms with Crippen molar-refractivity contribution in [2.45, 2.75) is 26.3 Å². The van der Waals surface area contributed by atoms with E-state index in [1.807, 2.05) is 26.8 Å². The van der Waals surface area contributed by atoms with Gasteiger partial charge < -0.3 is 20.4 Å². The van der Waals surface area contributed by atoms with Crippen molar-refractivity contribution < 1.29 is 15.0 Å². The molecule has 0 saturated carbocycles. The van der Waals surface area contributed by atoms with Gasteiger partial charge in [0.1, 0.15) is 11.6 Å². The van der Waals surface area contributed by atoms with Crippen LogP contribution in [-0.2, 0) is 4.79 Å². The quantitative estimate of drug-likeness (QED) is 0.443. The number of amides is 1. The summed E-state index contributed by atoms with van der Waals surface area (Å²) < 4.78 is 0. The van der Waals surface area contributed by atoms with Crippen LogP contribution in [-0.4, -0.2) is 52.9 Å². The molecule has 0 fully saturated rings. The van der Waals surface area contributed by atoms with E-state index in [9.17, 15) is 4.79 Å². The highest BCUT2D eigenvalue weighted by molar-refractivity contribution is 5.97. The average Bonchev–Trinajstić information content (AvgIpc) is 2.23. The number of hydrogen-bond donors (Lipinski definition) is 3. The van der Waals surface area contributed by atoms with Crippen molar-refractivity contribution in [3.8, 4) is 6.07 Å². The molecule has 0 aromatic heterocycles. The molecule has 0 spiro atoms. The number of hydrogen-bond acceptors (Lipinski definition) is 5. The van der Waals surface area contributed by atoms with Gasteiger partial charge in [-0.25, -0.2) is 0 Å². The Hall–Kier alpha value is -1.58. The van der Waals surface area contributed by atoms with Crippen molar-refractivity contribution >= 4 is 5.91 Å². The van der Waals surface area contributed by atoms with Gasteiger partial charge in [-0.3, -0.25) is 4.79 Å². The highest BCUT2D eigenvalue weighted by Crippen LogP contribution is 2.03. The molecule has 0 radical (unpaired) electrons. The summed E-state index contributed by atoms with van der Waals surface area (Å²) in [4.78, 5) is 13.3. The highest BCUT2D eigenvalue weighted by Gasteiger charge is 2.17. The third-order valence-corrected chi connectivity index (χ3v) is 1.94. The molecule has 0 heterocycles. The molecule has 0 aromatic carbocycles. The predicted molar refractivity (Wildman–Crippen MR) is 67.3 cm³/mol. The van der Waals surface area contributed by atoms with Gasteiger partial charge in [0, 0.05) is 24.8 Å². The summed E-state index contributed by atoms with van der Waals surface area (Å²) in [5, 5.41) is 29.3. The molecule has 0 aliphatic heterocycles. The molecule has 0 aromatic rings. The number of nitrogens with zero attached hydrogens (tertiary/aromatic N) is 2. The molecule has 0 aliphatic carbocycles. The zero-order valence-corrected chi connectivity index (χ0v) is 11.1. The van der Waals surface area contributed by atoms with Gasteiger partial charge in [-0.05, 0) is 20.8 Å². The average molecular weight is 255 g/mol. The molecular formula is C12H21N3O3. The Balaban J connectivity index is 4.82. The summed E-state index contributed by atoms with van der Waals surface area (Å²) in [6, 6.07) is 1.82. The van der Waals surface area contributed by atoms with Gasteiger partial charge in [-0.15, -0.1) is 0 Å². The number of rotatable bonds is 6. The van der Waals surface area contributed by atoms with Crippen LogP contribution < -0.4 is 5.32 Å². The third kappa shape index (κ3) is 6.89. The van der Waals surface area contributed by atoms with Crippen LogP contribution in [0.5, 0.6) is 0 Å². The number of carbonyl (C=O) groups excluding carboxylic acids is 1. The van der Waals surface area contributed by atoms with E-state index in [2.05, 4.69) is 5.32 Å². The van der Waals surface area contributed by atoms with Crippen molar-refractivity contribution in [1.29, 1.82) is 5.26 Å². The number of nitriles is 1. The van der Waals surface area contributed by atoms with Crippen LogP contribution in [0.4, 0.5) is 0 Å². The fraction of sp³-hybridized carbons (Fsp3) is 0.667. The minimum Gasteiger partial charge on any atom is -0.395 e. The van der Waals surface area contributed by atoms with Crippen LogP contribution in [0.1, 0.15) is 20.8 Å².